The van der Waals surface area contributed by atoms with Crippen LogP contribution in [0.2, 0.25) is 0 Å². The Balaban J connectivity index is 1.77. The molecule has 4 heteroatoms. The van der Waals surface area contributed by atoms with Gasteiger partial charge in [0.15, 0.2) is 11.5 Å². The lowest BCUT2D eigenvalue weighted by Crippen LogP contribution is -2.05. The highest BCUT2D eigenvalue weighted by molar-refractivity contribution is 5.72. The Hall–Kier alpha value is -3.01. The lowest BCUT2D eigenvalue weighted by molar-refractivity contribution is 0.174. The highest BCUT2D eigenvalue weighted by atomic mass is 16.7. The fraction of sp³-hybridized carbons (Fsp3) is 0.150. The third kappa shape index (κ3) is 2.67. The minimum atomic E-state index is -0.125. The van der Waals surface area contributed by atoms with Gasteiger partial charge in [-0.1, -0.05) is 37.3 Å². The minimum absolute atomic E-state index is 0.125. The topological polar surface area (TPSA) is 51.3 Å². The van der Waals surface area contributed by atoms with Crippen LogP contribution in [0.25, 0.3) is 22.4 Å². The number of benzene rings is 2. The van der Waals surface area contributed by atoms with Crippen molar-refractivity contribution in [3.8, 4) is 33.9 Å². The van der Waals surface area contributed by atoms with Crippen molar-refractivity contribution in [3.05, 3.63) is 70.5 Å². The zero-order chi connectivity index (χ0) is 16.5. The summed E-state index contributed by atoms with van der Waals surface area (Å²) in [5, 5.41) is 0. The molecule has 4 nitrogen and oxygen atoms in total. The molecule has 120 valence electrons. The molecular weight excluding hydrogens is 302 g/mol. The smallest absolute Gasteiger partial charge is 0.249 e. The summed E-state index contributed by atoms with van der Waals surface area (Å²) in [4.78, 5) is 15.0. The average molecular weight is 319 g/mol. The molecule has 0 bridgehead atoms. The van der Waals surface area contributed by atoms with Crippen LogP contribution in [0.4, 0.5) is 0 Å². The standard InChI is InChI=1S/C20H17NO3/c1-2-13-3-5-14(6-4-13)17-9-16(11-20(22)21-17)15-7-8-18-19(10-15)24-12-23-18/h3-11H,2,12H2,1H3,(H,21,22). The average Bonchev–Trinajstić information content (AvgIpc) is 3.09. The van der Waals surface area contributed by atoms with Crippen molar-refractivity contribution in [2.45, 2.75) is 13.3 Å². The number of H-pyrrole nitrogens is 1. The molecule has 1 aliphatic heterocycles. The molecule has 0 fully saturated rings. The molecule has 0 aliphatic carbocycles. The fourth-order valence-electron chi connectivity index (χ4n) is 2.86. The largest absolute Gasteiger partial charge is 0.454 e. The zero-order valence-corrected chi connectivity index (χ0v) is 13.3. The number of aromatic amines is 1. The highest BCUT2D eigenvalue weighted by Gasteiger charge is 2.14. The number of hydrogen-bond acceptors (Lipinski definition) is 3. The van der Waals surface area contributed by atoms with Gasteiger partial charge in [0, 0.05) is 11.8 Å². The molecule has 4 rings (SSSR count). The first-order valence-electron chi connectivity index (χ1n) is 7.96. The Kier molecular flexibility index (Phi) is 3.58. The van der Waals surface area contributed by atoms with E-state index in [1.807, 2.05) is 36.4 Å². The number of hydrogen-bond donors (Lipinski definition) is 1. The summed E-state index contributed by atoms with van der Waals surface area (Å²) in [7, 11) is 0. The maximum atomic E-state index is 12.1. The van der Waals surface area contributed by atoms with Crippen LogP contribution in [-0.2, 0) is 6.42 Å². The summed E-state index contributed by atoms with van der Waals surface area (Å²) >= 11 is 0. The molecule has 0 atom stereocenters. The summed E-state index contributed by atoms with van der Waals surface area (Å²) in [5.74, 6) is 1.44. The summed E-state index contributed by atoms with van der Waals surface area (Å²) in [6.07, 6.45) is 0.994. The van der Waals surface area contributed by atoms with E-state index in [2.05, 4.69) is 24.0 Å². The first kappa shape index (κ1) is 14.6. The monoisotopic (exact) mass is 319 g/mol. The Labute approximate surface area is 139 Å². The zero-order valence-electron chi connectivity index (χ0n) is 13.3. The molecule has 2 heterocycles. The second-order valence-corrected chi connectivity index (χ2v) is 5.77. The molecule has 0 unspecified atom stereocenters. The third-order valence-corrected chi connectivity index (χ3v) is 4.22. The van der Waals surface area contributed by atoms with Gasteiger partial charge < -0.3 is 14.5 Å². The summed E-state index contributed by atoms with van der Waals surface area (Å²) in [5.41, 5.74) is 4.72. The van der Waals surface area contributed by atoms with Crippen molar-refractivity contribution in [2.75, 3.05) is 6.79 Å². The van der Waals surface area contributed by atoms with Gasteiger partial charge in [-0.25, -0.2) is 0 Å². The van der Waals surface area contributed by atoms with Crippen molar-refractivity contribution in [3.63, 3.8) is 0 Å². The van der Waals surface area contributed by atoms with Crippen LogP contribution in [-0.4, -0.2) is 11.8 Å². The molecular formula is C20H17NO3. The Morgan fingerprint density at radius 1 is 0.875 bits per heavy atom. The Morgan fingerprint density at radius 3 is 2.42 bits per heavy atom. The van der Waals surface area contributed by atoms with E-state index in [0.717, 1.165) is 34.6 Å². The molecule has 24 heavy (non-hydrogen) atoms. The summed E-state index contributed by atoms with van der Waals surface area (Å²) in [6, 6.07) is 17.5. The van der Waals surface area contributed by atoms with Crippen LogP contribution in [0.1, 0.15) is 12.5 Å². The highest BCUT2D eigenvalue weighted by Crippen LogP contribution is 2.36. The van der Waals surface area contributed by atoms with Crippen molar-refractivity contribution >= 4 is 0 Å². The maximum absolute atomic E-state index is 12.1. The summed E-state index contributed by atoms with van der Waals surface area (Å²) < 4.78 is 10.8. The first-order chi connectivity index (χ1) is 11.7. The van der Waals surface area contributed by atoms with Crippen molar-refractivity contribution in [2.24, 2.45) is 0 Å². The Bertz CT molecular complexity index is 942. The van der Waals surface area contributed by atoms with Crippen LogP contribution >= 0.6 is 0 Å². The summed E-state index contributed by atoms with van der Waals surface area (Å²) in [6.45, 7) is 2.36. The van der Waals surface area contributed by atoms with Crippen LogP contribution in [0.15, 0.2) is 59.4 Å². The second kappa shape index (κ2) is 5.89. The molecule has 0 saturated heterocycles. The lowest BCUT2D eigenvalue weighted by atomic mass is 10.0. The molecule has 0 spiro atoms. The molecule has 1 aromatic heterocycles. The van der Waals surface area contributed by atoms with E-state index in [9.17, 15) is 4.79 Å². The number of fused-ring (bicyclic) bond motifs is 1. The number of rotatable bonds is 3. The van der Waals surface area contributed by atoms with E-state index >= 15 is 0 Å². The van der Waals surface area contributed by atoms with E-state index < -0.39 is 0 Å². The van der Waals surface area contributed by atoms with Gasteiger partial charge in [-0.05, 0) is 46.9 Å². The molecule has 2 aromatic carbocycles. The van der Waals surface area contributed by atoms with E-state index in [0.29, 0.717) is 5.75 Å². The molecule has 3 aromatic rings. The van der Waals surface area contributed by atoms with Gasteiger partial charge in [-0.15, -0.1) is 0 Å². The molecule has 0 amide bonds. The fourth-order valence-corrected chi connectivity index (χ4v) is 2.86. The minimum Gasteiger partial charge on any atom is -0.454 e. The SMILES string of the molecule is CCc1ccc(-c2cc(-c3ccc4c(c3)OCO4)cc(=O)[nH]2)cc1. The normalized spacial score (nSPS) is 12.4. The van der Waals surface area contributed by atoms with Gasteiger partial charge in [0.1, 0.15) is 0 Å². The van der Waals surface area contributed by atoms with Crippen LogP contribution < -0.4 is 15.0 Å². The number of nitrogens with one attached hydrogen (secondary N) is 1. The quantitative estimate of drug-likeness (QED) is 0.794. The van der Waals surface area contributed by atoms with E-state index in [4.69, 9.17) is 9.47 Å². The van der Waals surface area contributed by atoms with E-state index in [1.54, 1.807) is 6.07 Å². The molecule has 0 saturated carbocycles. The lowest BCUT2D eigenvalue weighted by Gasteiger charge is -2.07. The predicted octanol–water partition coefficient (Wildman–Crippen LogP) is 4.00. The van der Waals surface area contributed by atoms with Gasteiger partial charge >= 0.3 is 0 Å². The van der Waals surface area contributed by atoms with Gasteiger partial charge in [0.05, 0.1) is 0 Å². The third-order valence-electron chi connectivity index (χ3n) is 4.22. The molecule has 1 N–H and O–H groups in total. The molecule has 1 aliphatic rings. The van der Waals surface area contributed by atoms with Gasteiger partial charge in [0.2, 0.25) is 12.4 Å². The first-order valence-corrected chi connectivity index (χ1v) is 7.96. The van der Waals surface area contributed by atoms with Crippen molar-refractivity contribution in [1.82, 2.24) is 4.98 Å². The Morgan fingerprint density at radius 2 is 1.62 bits per heavy atom. The van der Waals surface area contributed by atoms with Crippen LogP contribution in [0.3, 0.4) is 0 Å². The van der Waals surface area contributed by atoms with Gasteiger partial charge in [0.25, 0.3) is 0 Å². The number of ether oxygens (including phenoxy) is 2. The van der Waals surface area contributed by atoms with E-state index in [1.165, 1.54) is 5.56 Å². The van der Waals surface area contributed by atoms with Gasteiger partial charge in [-0.2, -0.15) is 0 Å². The van der Waals surface area contributed by atoms with Gasteiger partial charge in [-0.3, -0.25) is 4.79 Å². The van der Waals surface area contributed by atoms with E-state index in [-0.39, 0.29) is 12.4 Å². The van der Waals surface area contributed by atoms with Crippen molar-refractivity contribution in [1.29, 1.82) is 0 Å². The predicted molar refractivity (Wildman–Crippen MR) is 93.4 cm³/mol. The maximum Gasteiger partial charge on any atom is 0.249 e. The van der Waals surface area contributed by atoms with Crippen LogP contribution in [0.5, 0.6) is 11.5 Å². The second-order valence-electron chi connectivity index (χ2n) is 5.77. The number of aromatic nitrogens is 1. The van der Waals surface area contributed by atoms with Crippen molar-refractivity contribution < 1.29 is 9.47 Å². The number of pyridine rings is 1. The van der Waals surface area contributed by atoms with Crippen LogP contribution in [0, 0.1) is 0 Å². The molecule has 0 radical (unpaired) electrons. The number of aryl methyl sites for hydroxylation is 1.